The fourth-order valence-corrected chi connectivity index (χ4v) is 3.99. The van der Waals surface area contributed by atoms with E-state index in [0.717, 1.165) is 43.3 Å². The van der Waals surface area contributed by atoms with Crippen LogP contribution < -0.4 is 15.4 Å². The molecule has 1 aliphatic carbocycles. The number of hydrogen-bond acceptors (Lipinski definition) is 4. The molecule has 6 nitrogen and oxygen atoms in total. The highest BCUT2D eigenvalue weighted by molar-refractivity contribution is 5.80. The zero-order valence-corrected chi connectivity index (χ0v) is 17.2. The molecule has 1 saturated heterocycles. The van der Waals surface area contributed by atoms with E-state index in [-0.39, 0.29) is 0 Å². The van der Waals surface area contributed by atoms with Crippen LogP contribution in [0.4, 0.5) is 0 Å². The van der Waals surface area contributed by atoms with Crippen molar-refractivity contribution in [2.75, 3.05) is 20.1 Å². The molecule has 0 aromatic carbocycles. The molecule has 3 rings (SSSR count). The van der Waals surface area contributed by atoms with Gasteiger partial charge in [0.2, 0.25) is 5.88 Å². The molecule has 2 heterocycles. The Labute approximate surface area is 163 Å². The zero-order chi connectivity index (χ0) is 19.2. The molecule has 1 saturated carbocycles. The van der Waals surface area contributed by atoms with Crippen molar-refractivity contribution in [1.29, 1.82) is 0 Å². The highest BCUT2D eigenvalue weighted by Crippen LogP contribution is 2.25. The van der Waals surface area contributed by atoms with Crippen molar-refractivity contribution in [2.45, 2.75) is 71.2 Å². The van der Waals surface area contributed by atoms with E-state index in [1.54, 1.807) is 0 Å². The summed E-state index contributed by atoms with van der Waals surface area (Å²) in [5.41, 5.74) is 1.08. The molecular formula is C21H35N5O. The highest BCUT2D eigenvalue weighted by atomic mass is 16.5. The fraction of sp³-hybridized carbons (Fsp3) is 0.714. The maximum atomic E-state index is 6.15. The standard InChI is InChI=1S/C21H35N5O/c1-15(2)26-13-16(3)19(14-26)25-21(22-4)24-12-17-8-7-11-23-20(17)27-18-9-5-6-10-18/h7-8,11,15-16,18-19H,5-6,9-10,12-14H2,1-4H3,(H2,22,24,25). The molecule has 2 unspecified atom stereocenters. The number of nitrogens with zero attached hydrogens (tertiary/aromatic N) is 3. The maximum absolute atomic E-state index is 6.15. The Balaban J connectivity index is 1.55. The van der Waals surface area contributed by atoms with Crippen molar-refractivity contribution >= 4 is 5.96 Å². The van der Waals surface area contributed by atoms with Gasteiger partial charge in [-0.25, -0.2) is 4.98 Å². The third-order valence-electron chi connectivity index (χ3n) is 5.79. The van der Waals surface area contributed by atoms with Gasteiger partial charge in [0, 0.05) is 50.5 Å². The summed E-state index contributed by atoms with van der Waals surface area (Å²) in [5.74, 6) is 2.20. The molecule has 2 N–H and O–H groups in total. The summed E-state index contributed by atoms with van der Waals surface area (Å²) in [5, 5.41) is 7.04. The first-order valence-corrected chi connectivity index (χ1v) is 10.4. The third kappa shape index (κ3) is 5.34. The van der Waals surface area contributed by atoms with Gasteiger partial charge in [-0.1, -0.05) is 13.0 Å². The lowest BCUT2D eigenvalue weighted by Gasteiger charge is -2.22. The topological polar surface area (TPSA) is 61.8 Å². The molecule has 2 fully saturated rings. The largest absolute Gasteiger partial charge is 0.474 e. The van der Waals surface area contributed by atoms with E-state index in [2.05, 4.69) is 52.3 Å². The smallest absolute Gasteiger partial charge is 0.218 e. The molecule has 27 heavy (non-hydrogen) atoms. The van der Waals surface area contributed by atoms with Crippen LogP contribution in [0, 0.1) is 5.92 Å². The number of aromatic nitrogens is 1. The Morgan fingerprint density at radius 2 is 2.11 bits per heavy atom. The van der Waals surface area contributed by atoms with Crippen LogP contribution in [0.25, 0.3) is 0 Å². The molecule has 0 amide bonds. The van der Waals surface area contributed by atoms with Crippen LogP contribution in [0.1, 0.15) is 52.0 Å². The quantitative estimate of drug-likeness (QED) is 0.593. The molecule has 150 valence electrons. The van der Waals surface area contributed by atoms with E-state index in [9.17, 15) is 0 Å². The molecule has 6 heteroatoms. The second-order valence-electron chi connectivity index (χ2n) is 8.19. The van der Waals surface area contributed by atoms with Gasteiger partial charge in [-0.05, 0) is 51.5 Å². The average molecular weight is 374 g/mol. The number of guanidine groups is 1. The predicted octanol–water partition coefficient (Wildman–Crippen LogP) is 2.80. The van der Waals surface area contributed by atoms with Crippen LogP contribution in [0.15, 0.2) is 23.3 Å². The number of hydrogen-bond donors (Lipinski definition) is 2. The zero-order valence-electron chi connectivity index (χ0n) is 17.2. The second kappa shape index (κ2) is 9.40. The minimum absolute atomic E-state index is 0.317. The molecule has 0 bridgehead atoms. The van der Waals surface area contributed by atoms with Gasteiger partial charge in [-0.2, -0.15) is 0 Å². The summed E-state index contributed by atoms with van der Waals surface area (Å²) < 4.78 is 6.15. The van der Waals surface area contributed by atoms with Crippen molar-refractivity contribution in [3.8, 4) is 5.88 Å². The molecule has 1 aliphatic heterocycles. The molecule has 1 aromatic heterocycles. The molecular weight excluding hydrogens is 338 g/mol. The van der Waals surface area contributed by atoms with Crippen LogP contribution in [0.5, 0.6) is 5.88 Å². The summed E-state index contributed by atoms with van der Waals surface area (Å²) in [6.07, 6.45) is 6.92. The Kier molecular flexibility index (Phi) is 6.94. The first kappa shape index (κ1) is 19.9. The number of aliphatic imine (C=N–C) groups is 1. The van der Waals surface area contributed by atoms with Crippen molar-refractivity contribution in [2.24, 2.45) is 10.9 Å². The van der Waals surface area contributed by atoms with Crippen molar-refractivity contribution < 1.29 is 4.74 Å². The summed E-state index contributed by atoms with van der Waals surface area (Å²) in [4.78, 5) is 11.4. The Hall–Kier alpha value is -1.82. The molecule has 2 aliphatic rings. The number of rotatable bonds is 6. The van der Waals surface area contributed by atoms with Gasteiger partial charge in [0.25, 0.3) is 0 Å². The van der Waals surface area contributed by atoms with Gasteiger partial charge in [0.1, 0.15) is 6.10 Å². The summed E-state index contributed by atoms with van der Waals surface area (Å²) in [6, 6.07) is 5.05. The average Bonchev–Trinajstić information content (AvgIpc) is 3.29. The van der Waals surface area contributed by atoms with Crippen LogP contribution in [0.3, 0.4) is 0 Å². The Morgan fingerprint density at radius 3 is 2.78 bits per heavy atom. The first-order valence-electron chi connectivity index (χ1n) is 10.4. The first-order chi connectivity index (χ1) is 13.1. The lowest BCUT2D eigenvalue weighted by molar-refractivity contribution is 0.199. The summed E-state index contributed by atoms with van der Waals surface area (Å²) in [6.45, 7) is 9.68. The van der Waals surface area contributed by atoms with Crippen LogP contribution in [0.2, 0.25) is 0 Å². The molecule has 2 atom stereocenters. The van der Waals surface area contributed by atoms with Gasteiger partial charge in [-0.3, -0.25) is 9.89 Å². The van der Waals surface area contributed by atoms with Crippen LogP contribution in [-0.4, -0.2) is 54.2 Å². The SMILES string of the molecule is CN=C(NCc1cccnc1OC1CCCC1)NC1CN(C(C)C)CC1C. The van der Waals surface area contributed by atoms with E-state index in [0.29, 0.717) is 30.7 Å². The minimum Gasteiger partial charge on any atom is -0.474 e. The van der Waals surface area contributed by atoms with E-state index in [1.165, 1.54) is 12.8 Å². The monoisotopic (exact) mass is 373 g/mol. The van der Waals surface area contributed by atoms with Gasteiger partial charge >= 0.3 is 0 Å². The minimum atomic E-state index is 0.317. The van der Waals surface area contributed by atoms with Gasteiger partial charge in [0.15, 0.2) is 5.96 Å². The number of nitrogens with one attached hydrogen (secondary N) is 2. The van der Waals surface area contributed by atoms with Gasteiger partial charge < -0.3 is 15.4 Å². The summed E-state index contributed by atoms with van der Waals surface area (Å²) in [7, 11) is 1.83. The number of pyridine rings is 1. The van der Waals surface area contributed by atoms with Crippen molar-refractivity contribution in [3.05, 3.63) is 23.9 Å². The number of likely N-dealkylation sites (tertiary alicyclic amines) is 1. The van der Waals surface area contributed by atoms with E-state index in [4.69, 9.17) is 4.74 Å². The number of ether oxygens (including phenoxy) is 1. The van der Waals surface area contributed by atoms with Crippen molar-refractivity contribution in [3.63, 3.8) is 0 Å². The second-order valence-corrected chi connectivity index (χ2v) is 8.19. The molecule has 0 radical (unpaired) electrons. The molecule has 1 aromatic rings. The lowest BCUT2D eigenvalue weighted by atomic mass is 10.1. The fourth-order valence-electron chi connectivity index (χ4n) is 3.99. The van der Waals surface area contributed by atoms with Gasteiger partial charge in [0.05, 0.1) is 0 Å². The Morgan fingerprint density at radius 1 is 1.33 bits per heavy atom. The summed E-state index contributed by atoms with van der Waals surface area (Å²) >= 11 is 0. The lowest BCUT2D eigenvalue weighted by Crippen LogP contribution is -2.46. The van der Waals surface area contributed by atoms with E-state index >= 15 is 0 Å². The normalized spacial score (nSPS) is 24.6. The van der Waals surface area contributed by atoms with E-state index in [1.807, 2.05) is 19.3 Å². The maximum Gasteiger partial charge on any atom is 0.218 e. The van der Waals surface area contributed by atoms with Crippen molar-refractivity contribution in [1.82, 2.24) is 20.5 Å². The third-order valence-corrected chi connectivity index (χ3v) is 5.79. The molecule has 0 spiro atoms. The van der Waals surface area contributed by atoms with Crippen LogP contribution >= 0.6 is 0 Å². The highest BCUT2D eigenvalue weighted by Gasteiger charge is 2.31. The van der Waals surface area contributed by atoms with Gasteiger partial charge in [-0.15, -0.1) is 0 Å². The van der Waals surface area contributed by atoms with E-state index < -0.39 is 0 Å². The van der Waals surface area contributed by atoms with Crippen LogP contribution in [-0.2, 0) is 6.54 Å². The Bertz CT molecular complexity index is 627. The predicted molar refractivity (Wildman–Crippen MR) is 110 cm³/mol.